The van der Waals surface area contributed by atoms with Gasteiger partial charge in [-0.15, -0.1) is 0 Å². The van der Waals surface area contributed by atoms with E-state index in [1.807, 2.05) is 0 Å². The minimum Gasteiger partial charge on any atom is -0.376 e. The second-order valence-corrected chi connectivity index (χ2v) is 6.34. The van der Waals surface area contributed by atoms with Crippen LogP contribution in [0.2, 0.25) is 0 Å². The smallest absolute Gasteiger partial charge is 0.0744 e. The van der Waals surface area contributed by atoms with Gasteiger partial charge >= 0.3 is 0 Å². The van der Waals surface area contributed by atoms with Gasteiger partial charge in [0.1, 0.15) is 0 Å². The number of hydrogen-bond donors (Lipinski definition) is 1. The Balaban J connectivity index is 1.83. The van der Waals surface area contributed by atoms with Crippen molar-refractivity contribution in [1.82, 2.24) is 4.90 Å². The molecule has 2 atom stereocenters. The van der Waals surface area contributed by atoms with Crippen molar-refractivity contribution in [2.75, 3.05) is 13.2 Å². The van der Waals surface area contributed by atoms with E-state index in [-0.39, 0.29) is 11.6 Å². The first-order chi connectivity index (χ1) is 8.76. The largest absolute Gasteiger partial charge is 0.376 e. The maximum Gasteiger partial charge on any atom is 0.0744 e. The van der Waals surface area contributed by atoms with Crippen molar-refractivity contribution in [1.29, 1.82) is 0 Å². The Labute approximate surface area is 113 Å². The van der Waals surface area contributed by atoms with E-state index >= 15 is 0 Å². The van der Waals surface area contributed by atoms with Crippen LogP contribution in [0.15, 0.2) is 16.8 Å². The highest BCUT2D eigenvalue weighted by molar-refractivity contribution is 7.07. The quantitative estimate of drug-likeness (QED) is 0.888. The summed E-state index contributed by atoms with van der Waals surface area (Å²) in [5.74, 6) is 0. The molecule has 0 radical (unpaired) electrons. The van der Waals surface area contributed by atoms with Gasteiger partial charge in [-0.05, 0) is 48.6 Å². The summed E-state index contributed by atoms with van der Waals surface area (Å²) in [7, 11) is 0. The predicted molar refractivity (Wildman–Crippen MR) is 74.7 cm³/mol. The van der Waals surface area contributed by atoms with Gasteiger partial charge in [-0.2, -0.15) is 11.3 Å². The third kappa shape index (κ3) is 2.11. The molecule has 2 fully saturated rings. The summed E-state index contributed by atoms with van der Waals surface area (Å²) in [5.41, 5.74) is 7.61. The standard InChI is InChI=1S/C14H22N2OS/c1-11-14(10-15,5-6-17-11)16(13-2-3-13)8-12-4-7-18-9-12/h4,7,9,11,13H,2-3,5-6,8,10,15H2,1H3. The van der Waals surface area contributed by atoms with Crippen LogP contribution in [-0.2, 0) is 11.3 Å². The Morgan fingerprint density at radius 2 is 2.39 bits per heavy atom. The zero-order valence-corrected chi connectivity index (χ0v) is 11.8. The van der Waals surface area contributed by atoms with Gasteiger partial charge in [0.2, 0.25) is 0 Å². The number of thiophene rings is 1. The minimum atomic E-state index is 0.0586. The number of rotatable bonds is 5. The van der Waals surface area contributed by atoms with E-state index < -0.39 is 0 Å². The van der Waals surface area contributed by atoms with Crippen molar-refractivity contribution in [2.24, 2.45) is 5.73 Å². The van der Waals surface area contributed by atoms with Crippen LogP contribution in [0.1, 0.15) is 31.7 Å². The van der Waals surface area contributed by atoms with Gasteiger partial charge in [0.15, 0.2) is 0 Å². The molecular formula is C14H22N2OS. The first kappa shape index (κ1) is 12.6. The highest BCUT2D eigenvalue weighted by Gasteiger charge is 2.49. The van der Waals surface area contributed by atoms with E-state index in [1.165, 1.54) is 18.4 Å². The molecular weight excluding hydrogens is 244 g/mol. The lowest BCUT2D eigenvalue weighted by atomic mass is 9.89. The Bertz CT molecular complexity index is 391. The molecule has 2 heterocycles. The van der Waals surface area contributed by atoms with Crippen LogP contribution in [0, 0.1) is 0 Å². The summed E-state index contributed by atoms with van der Waals surface area (Å²) in [5, 5.41) is 4.41. The van der Waals surface area contributed by atoms with Gasteiger partial charge in [0.25, 0.3) is 0 Å². The normalized spacial score (nSPS) is 32.3. The molecule has 2 N–H and O–H groups in total. The first-order valence-corrected chi connectivity index (χ1v) is 7.80. The fourth-order valence-electron chi connectivity index (χ4n) is 3.15. The topological polar surface area (TPSA) is 38.5 Å². The fraction of sp³-hybridized carbons (Fsp3) is 0.714. The van der Waals surface area contributed by atoms with Crippen LogP contribution in [0.5, 0.6) is 0 Å². The Morgan fingerprint density at radius 3 is 2.89 bits per heavy atom. The van der Waals surface area contributed by atoms with Crippen molar-refractivity contribution < 1.29 is 4.74 Å². The zero-order chi connectivity index (χ0) is 12.6. The average Bonchev–Trinajstić information content (AvgIpc) is 2.95. The highest BCUT2D eigenvalue weighted by atomic mass is 32.1. The number of hydrogen-bond acceptors (Lipinski definition) is 4. The van der Waals surface area contributed by atoms with Gasteiger partial charge in [-0.1, -0.05) is 0 Å². The first-order valence-electron chi connectivity index (χ1n) is 6.86. The van der Waals surface area contributed by atoms with Gasteiger partial charge < -0.3 is 10.5 Å². The van der Waals surface area contributed by atoms with Crippen LogP contribution in [0.3, 0.4) is 0 Å². The minimum absolute atomic E-state index is 0.0586. The molecule has 0 bridgehead atoms. The van der Waals surface area contributed by atoms with E-state index in [4.69, 9.17) is 10.5 Å². The van der Waals surface area contributed by atoms with E-state index in [9.17, 15) is 0 Å². The number of ether oxygens (including phenoxy) is 1. The second kappa shape index (κ2) is 4.93. The van der Waals surface area contributed by atoms with Gasteiger partial charge in [0, 0.05) is 25.7 Å². The molecule has 1 aromatic rings. The van der Waals surface area contributed by atoms with Gasteiger partial charge in [-0.3, -0.25) is 4.90 Å². The van der Waals surface area contributed by atoms with Crippen molar-refractivity contribution in [3.05, 3.63) is 22.4 Å². The molecule has 2 unspecified atom stereocenters. The maximum absolute atomic E-state index is 6.14. The molecule has 18 heavy (non-hydrogen) atoms. The van der Waals surface area contributed by atoms with Crippen LogP contribution in [0.25, 0.3) is 0 Å². The molecule has 0 aromatic carbocycles. The predicted octanol–water partition coefficient (Wildman–Crippen LogP) is 2.22. The summed E-state index contributed by atoms with van der Waals surface area (Å²) in [6, 6.07) is 2.95. The lowest BCUT2D eigenvalue weighted by molar-refractivity contribution is 0.00436. The highest BCUT2D eigenvalue weighted by Crippen LogP contribution is 2.40. The van der Waals surface area contributed by atoms with Crippen molar-refractivity contribution in [3.63, 3.8) is 0 Å². The van der Waals surface area contributed by atoms with Gasteiger partial charge in [-0.25, -0.2) is 0 Å². The summed E-state index contributed by atoms with van der Waals surface area (Å²) in [6.45, 7) is 4.77. The van der Waals surface area contributed by atoms with Crippen molar-refractivity contribution in [2.45, 2.75) is 50.4 Å². The third-order valence-electron chi connectivity index (χ3n) is 4.51. The Morgan fingerprint density at radius 1 is 1.56 bits per heavy atom. The van der Waals surface area contributed by atoms with Crippen molar-refractivity contribution in [3.8, 4) is 0 Å². The molecule has 0 amide bonds. The third-order valence-corrected chi connectivity index (χ3v) is 5.24. The molecule has 100 valence electrons. The molecule has 1 aliphatic carbocycles. The molecule has 1 aliphatic heterocycles. The summed E-state index contributed by atoms with van der Waals surface area (Å²) < 4.78 is 5.82. The summed E-state index contributed by atoms with van der Waals surface area (Å²) in [6.07, 6.45) is 3.96. The van der Waals surface area contributed by atoms with E-state index in [0.717, 1.165) is 25.6 Å². The van der Waals surface area contributed by atoms with Crippen LogP contribution < -0.4 is 5.73 Å². The lowest BCUT2D eigenvalue weighted by Crippen LogP contribution is -2.58. The van der Waals surface area contributed by atoms with Crippen molar-refractivity contribution >= 4 is 11.3 Å². The zero-order valence-electron chi connectivity index (χ0n) is 11.0. The van der Waals surface area contributed by atoms with Gasteiger partial charge in [0.05, 0.1) is 11.6 Å². The maximum atomic E-state index is 6.14. The molecule has 3 nitrogen and oxygen atoms in total. The van der Waals surface area contributed by atoms with Crippen LogP contribution >= 0.6 is 11.3 Å². The SMILES string of the molecule is CC1OCCC1(CN)N(Cc1ccsc1)C1CC1. The lowest BCUT2D eigenvalue weighted by Gasteiger charge is -2.43. The summed E-state index contributed by atoms with van der Waals surface area (Å²) in [4.78, 5) is 2.63. The number of nitrogens with zero attached hydrogens (tertiary/aromatic N) is 1. The molecule has 0 spiro atoms. The fourth-order valence-corrected chi connectivity index (χ4v) is 3.81. The molecule has 4 heteroatoms. The molecule has 1 saturated carbocycles. The summed E-state index contributed by atoms with van der Waals surface area (Å²) >= 11 is 1.77. The second-order valence-electron chi connectivity index (χ2n) is 5.56. The molecule has 1 aromatic heterocycles. The Kier molecular flexibility index (Phi) is 3.45. The average molecular weight is 266 g/mol. The number of nitrogens with two attached hydrogens (primary N) is 1. The monoisotopic (exact) mass is 266 g/mol. The van der Waals surface area contributed by atoms with Crippen LogP contribution in [0.4, 0.5) is 0 Å². The molecule has 2 aliphatic rings. The van der Waals surface area contributed by atoms with E-state index in [1.54, 1.807) is 11.3 Å². The Hall–Kier alpha value is -0.420. The van der Waals surface area contributed by atoms with E-state index in [2.05, 4.69) is 28.7 Å². The van der Waals surface area contributed by atoms with Crippen LogP contribution in [-0.4, -0.2) is 35.7 Å². The molecule has 1 saturated heterocycles. The van der Waals surface area contributed by atoms with E-state index in [0.29, 0.717) is 6.54 Å². The molecule has 3 rings (SSSR count).